The van der Waals surface area contributed by atoms with Crippen LogP contribution in [0.1, 0.15) is 41.6 Å². The Morgan fingerprint density at radius 1 is 0.351 bits per heavy atom. The van der Waals surface area contributed by atoms with E-state index < -0.39 is 5.97 Å². The number of amides is 3. The average Bonchev–Trinajstić information content (AvgIpc) is 3.46. The van der Waals surface area contributed by atoms with E-state index in [-0.39, 0.29) is 23.4 Å². The van der Waals surface area contributed by atoms with Gasteiger partial charge in [-0.1, -0.05) is 91.0 Å². The van der Waals surface area contributed by atoms with Gasteiger partial charge in [-0.05, 0) is 160 Å². The molecule has 382 valence electrons. The van der Waals surface area contributed by atoms with Crippen molar-refractivity contribution in [1.82, 2.24) is 9.97 Å². The summed E-state index contributed by atoms with van der Waals surface area (Å²) in [4.78, 5) is 54.7. The molecule has 0 unspecified atom stereocenters. The molecule has 0 atom stereocenters. The van der Waals surface area contributed by atoms with Crippen molar-refractivity contribution in [3.63, 3.8) is 0 Å². The molecule has 0 aliphatic carbocycles. The fraction of sp³-hybridized carbons (Fsp3) is 0. The number of benzene rings is 9. The molecule has 2 aromatic heterocycles. The highest BCUT2D eigenvalue weighted by Crippen LogP contribution is 2.22. The highest BCUT2D eigenvalue weighted by Gasteiger charge is 2.11. The van der Waals surface area contributed by atoms with E-state index in [1.165, 1.54) is 6.20 Å². The quantitative estimate of drug-likeness (QED) is 0.0674. The van der Waals surface area contributed by atoms with Crippen molar-refractivity contribution in [2.75, 3.05) is 44.6 Å². The van der Waals surface area contributed by atoms with Crippen LogP contribution in [0.4, 0.5) is 45.5 Å². The van der Waals surface area contributed by atoms with Crippen LogP contribution in [0, 0.1) is 0 Å². The van der Waals surface area contributed by atoms with Gasteiger partial charge >= 0.3 is 5.97 Å². The molecule has 0 aliphatic rings. The number of rotatable bonds is 7. The molecule has 77 heavy (non-hydrogen) atoms. The Labute approximate surface area is 444 Å². The Morgan fingerprint density at radius 3 is 1.26 bits per heavy atom. The molecule has 14 N–H and O–H groups in total. The zero-order chi connectivity index (χ0) is 54.5. The van der Waals surface area contributed by atoms with Crippen LogP contribution in [0.3, 0.4) is 0 Å². The van der Waals surface area contributed by atoms with Crippen molar-refractivity contribution in [1.29, 1.82) is 0 Å². The molecule has 0 radical (unpaired) electrons. The number of anilines is 8. The van der Waals surface area contributed by atoms with E-state index in [1.807, 2.05) is 97.1 Å². The maximum Gasteiger partial charge on any atom is 0.355 e. The minimum atomic E-state index is -0.989. The second-order valence-electron chi connectivity index (χ2n) is 16.9. The first kappa shape index (κ1) is 53.7. The number of nitrogen functional groups attached to an aromatic ring is 5. The van der Waals surface area contributed by atoms with E-state index in [4.69, 9.17) is 33.8 Å². The van der Waals surface area contributed by atoms with Crippen LogP contribution in [0.25, 0.3) is 32.3 Å². The highest BCUT2D eigenvalue weighted by molar-refractivity contribution is 6.13. The van der Waals surface area contributed by atoms with Crippen LogP contribution in [-0.2, 0) is 0 Å². The number of carbonyl (C=O) groups is 4. The van der Waals surface area contributed by atoms with Crippen LogP contribution in [0.15, 0.2) is 243 Å². The van der Waals surface area contributed by atoms with Crippen molar-refractivity contribution < 1.29 is 24.3 Å². The molecular formula is C62H54N10O5. The van der Waals surface area contributed by atoms with Gasteiger partial charge in [0, 0.05) is 86.2 Å². The number of aromatic carboxylic acids is 1. The van der Waals surface area contributed by atoms with Gasteiger partial charge in [0.2, 0.25) is 0 Å². The average molecular weight is 1020 g/mol. The number of carboxylic acids is 1. The van der Waals surface area contributed by atoms with Gasteiger partial charge < -0.3 is 49.7 Å². The molecule has 0 bridgehead atoms. The third-order valence-electron chi connectivity index (χ3n) is 11.3. The molecule has 11 rings (SSSR count). The number of pyridine rings is 2. The summed E-state index contributed by atoms with van der Waals surface area (Å²) in [6.07, 6.45) is 4.67. The van der Waals surface area contributed by atoms with Crippen molar-refractivity contribution in [3.8, 4) is 0 Å². The van der Waals surface area contributed by atoms with Crippen molar-refractivity contribution >= 4 is 102 Å². The number of aromatic nitrogens is 2. The number of hydrogen-bond acceptors (Lipinski definition) is 11. The lowest BCUT2D eigenvalue weighted by molar-refractivity contribution is 0.0692. The number of nitrogens with two attached hydrogens (primary N) is 5. The molecule has 11 aromatic rings. The largest absolute Gasteiger partial charge is 0.476 e. The van der Waals surface area contributed by atoms with E-state index in [9.17, 15) is 19.2 Å². The van der Waals surface area contributed by atoms with Crippen LogP contribution in [0.5, 0.6) is 0 Å². The summed E-state index contributed by atoms with van der Waals surface area (Å²) in [5.74, 6) is -1.39. The van der Waals surface area contributed by atoms with Gasteiger partial charge in [-0.2, -0.15) is 0 Å². The summed E-state index contributed by atoms with van der Waals surface area (Å²) in [6, 6.07) is 67.9. The first-order valence-electron chi connectivity index (χ1n) is 23.8. The Bertz CT molecular complexity index is 3710. The molecule has 15 nitrogen and oxygen atoms in total. The molecule has 0 spiro atoms. The number of nitrogens with zero attached hydrogens (tertiary/aromatic N) is 2. The monoisotopic (exact) mass is 1020 g/mol. The van der Waals surface area contributed by atoms with E-state index in [0.29, 0.717) is 39.1 Å². The first-order valence-corrected chi connectivity index (χ1v) is 23.8. The van der Waals surface area contributed by atoms with Gasteiger partial charge in [-0.3, -0.25) is 19.4 Å². The summed E-state index contributed by atoms with van der Waals surface area (Å²) in [5, 5.41) is 23.1. The van der Waals surface area contributed by atoms with Crippen molar-refractivity contribution in [3.05, 3.63) is 265 Å². The number of fused-ring (bicyclic) bond motifs is 3. The van der Waals surface area contributed by atoms with Crippen LogP contribution in [0.2, 0.25) is 0 Å². The molecular weight excluding hydrogens is 965 g/mol. The normalized spacial score (nSPS) is 10.1. The Balaban J connectivity index is 0.000000144. The molecule has 3 amide bonds. The third kappa shape index (κ3) is 16.0. The van der Waals surface area contributed by atoms with Gasteiger partial charge in [0.15, 0.2) is 5.69 Å². The van der Waals surface area contributed by atoms with E-state index in [2.05, 4.69) is 25.9 Å². The zero-order valence-corrected chi connectivity index (χ0v) is 41.5. The summed E-state index contributed by atoms with van der Waals surface area (Å²) in [6.45, 7) is 0. The second-order valence-corrected chi connectivity index (χ2v) is 16.9. The number of carbonyl (C=O) groups excluding carboxylic acids is 3. The number of carboxylic acid groups (broad SMARTS) is 1. The summed E-state index contributed by atoms with van der Waals surface area (Å²) in [5.41, 5.74) is 35.2. The van der Waals surface area contributed by atoms with Gasteiger partial charge in [0.1, 0.15) is 0 Å². The van der Waals surface area contributed by atoms with Gasteiger partial charge in [0.05, 0.1) is 0 Å². The summed E-state index contributed by atoms with van der Waals surface area (Å²) in [7, 11) is 0. The van der Waals surface area contributed by atoms with Crippen molar-refractivity contribution in [2.45, 2.75) is 0 Å². The predicted octanol–water partition coefficient (Wildman–Crippen LogP) is 12.0. The van der Waals surface area contributed by atoms with Crippen LogP contribution < -0.4 is 44.6 Å². The predicted molar refractivity (Wildman–Crippen MR) is 313 cm³/mol. The van der Waals surface area contributed by atoms with Gasteiger partial charge in [0.25, 0.3) is 17.7 Å². The van der Waals surface area contributed by atoms with Crippen molar-refractivity contribution in [2.24, 2.45) is 0 Å². The molecule has 9 aromatic carbocycles. The minimum absolute atomic E-state index is 0.109. The molecule has 2 heterocycles. The Kier molecular flexibility index (Phi) is 18.5. The lowest BCUT2D eigenvalue weighted by Crippen LogP contribution is -2.12. The highest BCUT2D eigenvalue weighted by atomic mass is 16.4. The molecule has 0 fully saturated rings. The van der Waals surface area contributed by atoms with Crippen LogP contribution in [-0.4, -0.2) is 38.8 Å². The zero-order valence-electron chi connectivity index (χ0n) is 41.5. The lowest BCUT2D eigenvalue weighted by atomic mass is 10.0. The van der Waals surface area contributed by atoms with Gasteiger partial charge in [-0.25, -0.2) is 9.78 Å². The third-order valence-corrected chi connectivity index (χ3v) is 11.3. The lowest BCUT2D eigenvalue weighted by Gasteiger charge is -2.08. The van der Waals surface area contributed by atoms with E-state index in [0.717, 1.165) is 55.4 Å². The minimum Gasteiger partial charge on any atom is -0.476 e. The van der Waals surface area contributed by atoms with Crippen LogP contribution >= 0.6 is 0 Å². The maximum absolute atomic E-state index is 12.4. The second kappa shape index (κ2) is 26.6. The molecule has 15 heteroatoms. The molecule has 0 saturated heterocycles. The molecule has 0 aliphatic heterocycles. The topological polar surface area (TPSA) is 280 Å². The number of hydrogen-bond donors (Lipinski definition) is 9. The fourth-order valence-corrected chi connectivity index (χ4v) is 7.35. The fourth-order valence-electron chi connectivity index (χ4n) is 7.35. The van der Waals surface area contributed by atoms with E-state index >= 15 is 0 Å². The summed E-state index contributed by atoms with van der Waals surface area (Å²) >= 11 is 0. The Morgan fingerprint density at radius 2 is 0.753 bits per heavy atom. The Hall–Kier alpha value is -11.1. The molecule has 0 saturated carbocycles. The maximum atomic E-state index is 12.4. The van der Waals surface area contributed by atoms with Gasteiger partial charge in [-0.15, -0.1) is 0 Å². The first-order chi connectivity index (χ1) is 37.3. The standard InChI is InChI=1S/2C17H14N2O.C12H11N3O.C10H7NO2.C6H8N2/c18-13-8-10-14(11-9-13)19-17(20)16-7-3-5-12-4-1-2-6-15(12)16;18-15-7-9-16(10-8-15)19-17(20)14-6-5-12-3-1-2-4-13(12)11-14;13-10-1-3-11(4-2-10)15-12(16)9-5-7-14-8-6-9;12-10(13)9-8-4-2-1-3-7(8)5-6-11-9;7-5-1-2-6(8)4-3-5/h2*1-11H,18H2,(H,19,20);1-8H,13H2,(H,15,16);1-6H,(H,12,13);1-4H,7-8H2. The van der Waals surface area contributed by atoms with E-state index in [1.54, 1.807) is 140 Å². The SMILES string of the molecule is Nc1ccc(N)cc1.Nc1ccc(NC(=O)c2ccc3ccccc3c2)cc1.Nc1ccc(NC(=O)c2cccc3ccccc23)cc1.Nc1ccc(NC(=O)c2ccncc2)cc1.O=C(O)c1nccc2ccccc12. The number of nitrogens with one attached hydrogen (secondary N) is 3. The smallest absolute Gasteiger partial charge is 0.355 e. The summed E-state index contributed by atoms with van der Waals surface area (Å²) < 4.78 is 0.